The van der Waals surface area contributed by atoms with E-state index in [2.05, 4.69) is 24.6 Å². The van der Waals surface area contributed by atoms with Crippen LogP contribution in [-0.2, 0) is 36.8 Å². The van der Waals surface area contributed by atoms with Gasteiger partial charge in [-0.3, -0.25) is 4.79 Å². The Kier molecular flexibility index (Phi) is 8.59. The molecule has 2 amide bonds. The third-order valence-corrected chi connectivity index (χ3v) is 8.27. The SMILES string of the molecule is COC(=O)N[C@@H](Cc1ccccc1)C(=O)N[C@@H](Cc1ccc(S(=O)(=O)ON)cc1)c1nc(C2CC2(F)F)cs1. The molecule has 1 aliphatic rings. The predicted molar refractivity (Wildman–Crippen MR) is 137 cm³/mol. The number of nitrogens with one attached hydrogen (secondary N) is 2. The van der Waals surface area contributed by atoms with Crippen LogP contribution in [0, 0.1) is 0 Å². The number of carbonyl (C=O) groups is 2. The zero-order chi connectivity index (χ0) is 28.2. The van der Waals surface area contributed by atoms with Gasteiger partial charge in [-0.25, -0.2) is 18.6 Å². The van der Waals surface area contributed by atoms with Crippen LogP contribution in [0.25, 0.3) is 0 Å². The van der Waals surface area contributed by atoms with Crippen molar-refractivity contribution in [1.29, 1.82) is 0 Å². The summed E-state index contributed by atoms with van der Waals surface area (Å²) in [5.74, 6) is 0.519. The van der Waals surface area contributed by atoms with Crippen LogP contribution in [0.5, 0.6) is 0 Å². The third kappa shape index (κ3) is 7.15. The monoisotopic (exact) mass is 580 g/mol. The number of carbonyl (C=O) groups excluding carboxylic acids is 2. The van der Waals surface area contributed by atoms with E-state index in [1.807, 2.05) is 6.07 Å². The van der Waals surface area contributed by atoms with Gasteiger partial charge in [0.1, 0.15) is 11.0 Å². The van der Waals surface area contributed by atoms with Gasteiger partial charge in [-0.1, -0.05) is 42.5 Å². The van der Waals surface area contributed by atoms with Crippen molar-refractivity contribution < 1.29 is 35.8 Å². The molecule has 2 aromatic carbocycles. The maximum atomic E-state index is 13.7. The zero-order valence-corrected chi connectivity index (χ0v) is 22.3. The lowest BCUT2D eigenvalue weighted by Gasteiger charge is -2.22. The maximum Gasteiger partial charge on any atom is 0.407 e. The average Bonchev–Trinajstić information content (AvgIpc) is 3.31. The molecule has 3 aromatic rings. The number of amides is 2. The van der Waals surface area contributed by atoms with Gasteiger partial charge in [0.2, 0.25) is 5.91 Å². The summed E-state index contributed by atoms with van der Waals surface area (Å²) in [6.45, 7) is 0. The number of nitrogens with two attached hydrogens (primary N) is 1. The second-order valence-corrected chi connectivity index (χ2v) is 11.4. The van der Waals surface area contributed by atoms with Crippen molar-refractivity contribution in [2.75, 3.05) is 7.11 Å². The van der Waals surface area contributed by atoms with Crippen molar-refractivity contribution in [3.05, 3.63) is 81.8 Å². The first-order chi connectivity index (χ1) is 18.5. The van der Waals surface area contributed by atoms with Gasteiger partial charge in [-0.2, -0.15) is 18.6 Å². The fourth-order valence-corrected chi connectivity index (χ4v) is 5.47. The van der Waals surface area contributed by atoms with E-state index in [1.165, 1.54) is 31.4 Å². The van der Waals surface area contributed by atoms with Crippen LogP contribution in [0.1, 0.15) is 40.2 Å². The lowest BCUT2D eigenvalue weighted by molar-refractivity contribution is -0.123. The molecule has 1 aliphatic carbocycles. The molecule has 1 saturated carbocycles. The molecule has 0 bridgehead atoms. The Morgan fingerprint density at radius 2 is 1.74 bits per heavy atom. The number of nitrogens with zero attached hydrogens (tertiary/aromatic N) is 1. The number of methoxy groups -OCH3 is 1. The summed E-state index contributed by atoms with van der Waals surface area (Å²) in [7, 11) is -2.92. The number of thiazole rings is 1. The van der Waals surface area contributed by atoms with Gasteiger partial charge in [0, 0.05) is 18.2 Å². The summed E-state index contributed by atoms with van der Waals surface area (Å²) in [5, 5.41) is 7.33. The lowest BCUT2D eigenvalue weighted by atomic mass is 10.0. The molecule has 14 heteroatoms. The number of benzene rings is 2. The molecule has 0 saturated heterocycles. The number of alkyl halides is 2. The quantitative estimate of drug-likeness (QED) is 0.293. The van der Waals surface area contributed by atoms with E-state index in [9.17, 15) is 26.8 Å². The second kappa shape index (κ2) is 11.7. The van der Waals surface area contributed by atoms with Gasteiger partial charge in [-0.05, 0) is 29.7 Å². The molecule has 208 valence electrons. The standard InChI is InChI=1S/C25H26F2N4O6S2/c1-36-24(33)31-19(11-15-5-3-2-4-6-15)22(32)29-20(23-30-21(14-38-23)18-13-25(18,26)27)12-16-7-9-17(10-8-16)39(34,35)37-28/h2-10,14,18-20H,11-13,28H2,1H3,(H,29,32)(H,31,33)/t18?,19-,20-/m0/s1. The minimum Gasteiger partial charge on any atom is -0.453 e. The van der Waals surface area contributed by atoms with Gasteiger partial charge < -0.3 is 15.4 Å². The third-order valence-electron chi connectivity index (χ3n) is 6.19. The van der Waals surface area contributed by atoms with Gasteiger partial charge in [0.05, 0.1) is 29.7 Å². The van der Waals surface area contributed by atoms with Crippen molar-refractivity contribution in [3.63, 3.8) is 0 Å². The molecule has 0 spiro atoms. The van der Waals surface area contributed by atoms with E-state index in [0.717, 1.165) is 16.9 Å². The Bertz CT molecular complexity index is 1420. The predicted octanol–water partition coefficient (Wildman–Crippen LogP) is 3.21. The van der Waals surface area contributed by atoms with Gasteiger partial charge in [0.15, 0.2) is 0 Å². The Morgan fingerprint density at radius 3 is 2.33 bits per heavy atom. The minimum atomic E-state index is -4.11. The second-order valence-electron chi connectivity index (χ2n) is 8.97. The summed E-state index contributed by atoms with van der Waals surface area (Å²) in [6.07, 6.45) is -0.763. The van der Waals surface area contributed by atoms with E-state index in [4.69, 9.17) is 5.90 Å². The summed E-state index contributed by atoms with van der Waals surface area (Å²) >= 11 is 1.13. The zero-order valence-electron chi connectivity index (χ0n) is 20.7. The Balaban J connectivity index is 1.59. The van der Waals surface area contributed by atoms with E-state index in [-0.39, 0.29) is 29.9 Å². The molecule has 10 nitrogen and oxygen atoms in total. The van der Waals surface area contributed by atoms with Crippen molar-refractivity contribution in [3.8, 4) is 0 Å². The van der Waals surface area contributed by atoms with E-state index < -0.39 is 46.0 Å². The maximum absolute atomic E-state index is 13.7. The van der Waals surface area contributed by atoms with E-state index >= 15 is 0 Å². The summed E-state index contributed by atoms with van der Waals surface area (Å²) in [4.78, 5) is 29.6. The fraction of sp³-hybridized carbons (Fsp3) is 0.320. The number of ether oxygens (including phenoxy) is 1. The number of hydrogen-bond acceptors (Lipinski definition) is 9. The van der Waals surface area contributed by atoms with Crippen LogP contribution in [0.15, 0.2) is 64.9 Å². The van der Waals surface area contributed by atoms with Crippen LogP contribution in [0.4, 0.5) is 13.6 Å². The smallest absolute Gasteiger partial charge is 0.407 e. The molecular weight excluding hydrogens is 554 g/mol. The van der Waals surface area contributed by atoms with Crippen LogP contribution in [0.2, 0.25) is 0 Å². The normalized spacial score (nSPS) is 17.6. The van der Waals surface area contributed by atoms with Crippen LogP contribution in [-0.4, -0.2) is 44.5 Å². The molecule has 1 fully saturated rings. The Hall–Kier alpha value is -3.46. The lowest BCUT2D eigenvalue weighted by Crippen LogP contribution is -2.49. The first-order valence-electron chi connectivity index (χ1n) is 11.8. The first-order valence-corrected chi connectivity index (χ1v) is 14.1. The van der Waals surface area contributed by atoms with Crippen molar-refractivity contribution in [1.82, 2.24) is 15.6 Å². The first kappa shape index (κ1) is 28.5. The summed E-state index contributed by atoms with van der Waals surface area (Å²) < 4.78 is 59.7. The van der Waals surface area contributed by atoms with Crippen molar-refractivity contribution >= 4 is 33.5 Å². The van der Waals surface area contributed by atoms with Crippen molar-refractivity contribution in [2.24, 2.45) is 5.90 Å². The molecule has 1 heterocycles. The molecule has 1 unspecified atom stereocenters. The van der Waals surface area contributed by atoms with Gasteiger partial charge in [0.25, 0.3) is 5.92 Å². The highest BCUT2D eigenvalue weighted by Gasteiger charge is 2.58. The van der Waals surface area contributed by atoms with Crippen molar-refractivity contribution in [2.45, 2.75) is 48.1 Å². The summed E-state index contributed by atoms with van der Waals surface area (Å²) in [5.41, 5.74) is 1.65. The highest BCUT2D eigenvalue weighted by molar-refractivity contribution is 7.86. The topological polar surface area (TPSA) is 150 Å². The number of alkyl carbamates (subject to hydrolysis) is 1. The molecule has 3 atom stereocenters. The Labute approximate surface area is 227 Å². The minimum absolute atomic E-state index is 0.153. The molecular formula is C25H26F2N4O6S2. The molecule has 0 aliphatic heterocycles. The largest absolute Gasteiger partial charge is 0.453 e. The summed E-state index contributed by atoms with van der Waals surface area (Å²) in [6, 6.07) is 12.9. The molecule has 1 aromatic heterocycles. The molecule has 0 radical (unpaired) electrons. The highest BCUT2D eigenvalue weighted by atomic mass is 32.2. The molecule has 4 rings (SSSR count). The van der Waals surface area contributed by atoms with E-state index in [0.29, 0.717) is 10.6 Å². The molecule has 39 heavy (non-hydrogen) atoms. The molecule has 4 N–H and O–H groups in total. The van der Waals surface area contributed by atoms with Crippen LogP contribution < -0.4 is 16.5 Å². The van der Waals surface area contributed by atoms with Gasteiger partial charge in [-0.15, -0.1) is 11.3 Å². The Morgan fingerprint density at radius 1 is 1.10 bits per heavy atom. The highest BCUT2D eigenvalue weighted by Crippen LogP contribution is 2.55. The van der Waals surface area contributed by atoms with Crippen LogP contribution >= 0.6 is 11.3 Å². The number of hydrogen-bond donors (Lipinski definition) is 3. The number of rotatable bonds is 11. The number of aromatic nitrogens is 1. The van der Waals surface area contributed by atoms with E-state index in [1.54, 1.807) is 29.6 Å². The number of halogens is 2. The average molecular weight is 581 g/mol. The van der Waals surface area contributed by atoms with Gasteiger partial charge >= 0.3 is 16.2 Å². The van der Waals surface area contributed by atoms with Crippen LogP contribution in [0.3, 0.4) is 0 Å². The fourth-order valence-electron chi connectivity index (χ4n) is 3.97.